The molecule has 0 saturated carbocycles. The Morgan fingerprint density at radius 3 is 3.00 bits per heavy atom. The Bertz CT molecular complexity index is 415. The van der Waals surface area contributed by atoms with Crippen molar-refractivity contribution in [3.63, 3.8) is 0 Å². The highest BCUT2D eigenvalue weighted by Crippen LogP contribution is 2.28. The quantitative estimate of drug-likeness (QED) is 0.837. The van der Waals surface area contributed by atoms with Crippen molar-refractivity contribution < 1.29 is 4.79 Å². The number of rotatable bonds is 4. The molecular weight excluding hydrogens is 212 g/mol. The van der Waals surface area contributed by atoms with Crippen molar-refractivity contribution in [2.75, 3.05) is 11.9 Å². The summed E-state index contributed by atoms with van der Waals surface area (Å²) in [4.78, 5) is 11.3. The Morgan fingerprint density at radius 1 is 1.41 bits per heavy atom. The number of benzene rings is 1. The van der Waals surface area contributed by atoms with E-state index < -0.39 is 0 Å². The fourth-order valence-electron chi connectivity index (χ4n) is 2.30. The van der Waals surface area contributed by atoms with Gasteiger partial charge in [0.15, 0.2) is 0 Å². The number of hydrogen-bond acceptors (Lipinski definition) is 2. The first-order valence-corrected chi connectivity index (χ1v) is 6.33. The molecule has 1 aliphatic rings. The molecule has 0 fully saturated rings. The van der Waals surface area contributed by atoms with Gasteiger partial charge in [-0.3, -0.25) is 4.79 Å². The number of carbonyl (C=O) groups excluding carboxylic acids is 1. The summed E-state index contributed by atoms with van der Waals surface area (Å²) >= 11 is 0. The van der Waals surface area contributed by atoms with Crippen molar-refractivity contribution >= 4 is 11.6 Å². The number of amides is 1. The summed E-state index contributed by atoms with van der Waals surface area (Å²) in [5.41, 5.74) is 9.14. The summed E-state index contributed by atoms with van der Waals surface area (Å²) in [6.07, 6.45) is 3.66. The molecule has 2 rings (SSSR count). The van der Waals surface area contributed by atoms with E-state index in [1.807, 2.05) is 6.07 Å². The van der Waals surface area contributed by atoms with E-state index in [-0.39, 0.29) is 5.91 Å². The van der Waals surface area contributed by atoms with Gasteiger partial charge in [0.05, 0.1) is 0 Å². The highest BCUT2D eigenvalue weighted by molar-refractivity contribution is 5.93. The van der Waals surface area contributed by atoms with Crippen molar-refractivity contribution in [2.24, 2.45) is 5.73 Å². The zero-order valence-corrected chi connectivity index (χ0v) is 10.3. The molecule has 0 aromatic heterocycles. The lowest BCUT2D eigenvalue weighted by Gasteiger charge is -2.19. The van der Waals surface area contributed by atoms with Gasteiger partial charge >= 0.3 is 0 Å². The van der Waals surface area contributed by atoms with E-state index in [4.69, 9.17) is 5.73 Å². The van der Waals surface area contributed by atoms with E-state index in [2.05, 4.69) is 24.4 Å². The lowest BCUT2D eigenvalue weighted by molar-refractivity contribution is -0.116. The van der Waals surface area contributed by atoms with Gasteiger partial charge in [-0.1, -0.05) is 19.1 Å². The molecule has 0 bridgehead atoms. The lowest BCUT2D eigenvalue weighted by Crippen LogP contribution is -2.19. The van der Waals surface area contributed by atoms with Crippen molar-refractivity contribution in [3.8, 4) is 0 Å². The second-order valence-electron chi connectivity index (χ2n) is 4.80. The van der Waals surface area contributed by atoms with Crippen LogP contribution in [0, 0.1) is 0 Å². The summed E-state index contributed by atoms with van der Waals surface area (Å²) in [7, 11) is 0. The number of hydrogen-bond donors (Lipinski definition) is 2. The maximum Gasteiger partial charge on any atom is 0.224 e. The molecule has 3 N–H and O–H groups in total. The topological polar surface area (TPSA) is 55.1 Å². The largest absolute Gasteiger partial charge is 0.330 e. The maximum atomic E-state index is 11.3. The van der Waals surface area contributed by atoms with E-state index in [0.29, 0.717) is 12.3 Å². The minimum Gasteiger partial charge on any atom is -0.330 e. The Hall–Kier alpha value is -1.35. The van der Waals surface area contributed by atoms with E-state index in [1.165, 1.54) is 11.1 Å². The zero-order valence-electron chi connectivity index (χ0n) is 10.3. The molecule has 17 heavy (non-hydrogen) atoms. The SMILES string of the molecule is CC(CCCN)c1ccc2c(c1)CCC(=O)N2. The van der Waals surface area contributed by atoms with E-state index >= 15 is 0 Å². The summed E-state index contributed by atoms with van der Waals surface area (Å²) in [6.45, 7) is 2.99. The van der Waals surface area contributed by atoms with E-state index in [9.17, 15) is 4.79 Å². The molecule has 1 atom stereocenters. The average Bonchev–Trinajstić information content (AvgIpc) is 2.35. The molecular formula is C14H20N2O. The predicted molar refractivity (Wildman–Crippen MR) is 70.1 cm³/mol. The smallest absolute Gasteiger partial charge is 0.224 e. The third-order valence-electron chi connectivity index (χ3n) is 3.44. The first-order valence-electron chi connectivity index (χ1n) is 6.33. The molecule has 3 heteroatoms. The van der Waals surface area contributed by atoms with Crippen LogP contribution < -0.4 is 11.1 Å². The van der Waals surface area contributed by atoms with E-state index in [1.54, 1.807) is 0 Å². The fourth-order valence-corrected chi connectivity index (χ4v) is 2.30. The monoisotopic (exact) mass is 232 g/mol. The van der Waals surface area contributed by atoms with Crippen LogP contribution in [-0.4, -0.2) is 12.5 Å². The van der Waals surface area contributed by atoms with Crippen molar-refractivity contribution in [3.05, 3.63) is 29.3 Å². The number of nitrogens with two attached hydrogens (primary N) is 1. The van der Waals surface area contributed by atoms with Gasteiger partial charge in [0, 0.05) is 12.1 Å². The highest BCUT2D eigenvalue weighted by atomic mass is 16.1. The van der Waals surface area contributed by atoms with Crippen LogP contribution in [0.4, 0.5) is 5.69 Å². The van der Waals surface area contributed by atoms with Gasteiger partial charge in [-0.25, -0.2) is 0 Å². The summed E-state index contributed by atoms with van der Waals surface area (Å²) < 4.78 is 0. The molecule has 0 aliphatic carbocycles. The van der Waals surface area contributed by atoms with Crippen molar-refractivity contribution in [1.29, 1.82) is 0 Å². The van der Waals surface area contributed by atoms with Crippen molar-refractivity contribution in [2.45, 2.75) is 38.5 Å². The van der Waals surface area contributed by atoms with Crippen LogP contribution in [0.1, 0.15) is 43.2 Å². The summed E-state index contributed by atoms with van der Waals surface area (Å²) in [5, 5.41) is 2.91. The van der Waals surface area contributed by atoms with Crippen molar-refractivity contribution in [1.82, 2.24) is 0 Å². The van der Waals surface area contributed by atoms with Gasteiger partial charge < -0.3 is 11.1 Å². The number of carbonyl (C=O) groups is 1. The Balaban J connectivity index is 2.13. The fraction of sp³-hybridized carbons (Fsp3) is 0.500. The number of anilines is 1. The lowest BCUT2D eigenvalue weighted by atomic mass is 9.92. The van der Waals surface area contributed by atoms with Gasteiger partial charge in [-0.05, 0) is 48.9 Å². The Kier molecular flexibility index (Phi) is 3.79. The number of aryl methyl sites for hydroxylation is 1. The standard InChI is InChI=1S/C14H20N2O/c1-10(3-2-8-15)11-4-6-13-12(9-11)5-7-14(17)16-13/h4,6,9-10H,2-3,5,7-8,15H2,1H3,(H,16,17). The normalized spacial score (nSPS) is 16.2. The molecule has 1 aromatic rings. The Labute approximate surface area is 102 Å². The van der Waals surface area contributed by atoms with Gasteiger partial charge in [0.2, 0.25) is 5.91 Å². The predicted octanol–water partition coefficient (Wildman–Crippen LogP) is 2.41. The molecule has 92 valence electrons. The van der Waals surface area contributed by atoms with Crippen LogP contribution in [-0.2, 0) is 11.2 Å². The summed E-state index contributed by atoms with van der Waals surface area (Å²) in [6, 6.07) is 6.38. The molecule has 0 saturated heterocycles. The van der Waals surface area contributed by atoms with Crippen LogP contribution >= 0.6 is 0 Å². The maximum absolute atomic E-state index is 11.3. The molecule has 1 unspecified atom stereocenters. The number of nitrogens with one attached hydrogen (secondary N) is 1. The van der Waals surface area contributed by atoms with Crippen LogP contribution in [0.5, 0.6) is 0 Å². The van der Waals surface area contributed by atoms with Gasteiger partial charge in [0.25, 0.3) is 0 Å². The van der Waals surface area contributed by atoms with Crippen LogP contribution in [0.15, 0.2) is 18.2 Å². The third-order valence-corrected chi connectivity index (χ3v) is 3.44. The molecule has 3 nitrogen and oxygen atoms in total. The molecule has 1 heterocycles. The number of fused-ring (bicyclic) bond motifs is 1. The molecule has 1 amide bonds. The Morgan fingerprint density at radius 2 is 2.24 bits per heavy atom. The van der Waals surface area contributed by atoms with Crippen LogP contribution in [0.25, 0.3) is 0 Å². The third kappa shape index (κ3) is 2.86. The second kappa shape index (κ2) is 5.32. The average molecular weight is 232 g/mol. The summed E-state index contributed by atoms with van der Waals surface area (Å²) in [5.74, 6) is 0.669. The van der Waals surface area contributed by atoms with Gasteiger partial charge in [-0.15, -0.1) is 0 Å². The van der Waals surface area contributed by atoms with Crippen LogP contribution in [0.3, 0.4) is 0 Å². The first-order chi connectivity index (χ1) is 8.20. The minimum atomic E-state index is 0.126. The highest BCUT2D eigenvalue weighted by Gasteiger charge is 2.16. The molecule has 1 aromatic carbocycles. The minimum absolute atomic E-state index is 0.126. The second-order valence-corrected chi connectivity index (χ2v) is 4.80. The van der Waals surface area contributed by atoms with Crippen LogP contribution in [0.2, 0.25) is 0 Å². The molecule has 1 aliphatic heterocycles. The van der Waals surface area contributed by atoms with E-state index in [0.717, 1.165) is 31.5 Å². The van der Waals surface area contributed by atoms with Gasteiger partial charge in [0.1, 0.15) is 0 Å². The van der Waals surface area contributed by atoms with Gasteiger partial charge in [-0.2, -0.15) is 0 Å². The molecule has 0 spiro atoms. The molecule has 0 radical (unpaired) electrons. The first kappa shape index (κ1) is 12.1. The zero-order chi connectivity index (χ0) is 12.3.